The Kier molecular flexibility index (Phi) is 6.85. The van der Waals surface area contributed by atoms with Crippen molar-refractivity contribution in [1.82, 2.24) is 10.2 Å². The SMILES string of the molecule is CC(NC(=O)c1ccc(COc2ccc(C(C)(C)C)cc2)o1)C(=O)N1CCCCC1. The Hall–Kier alpha value is -2.76. The molecule has 0 saturated carbocycles. The third kappa shape index (κ3) is 5.65. The van der Waals surface area contributed by atoms with Gasteiger partial charge in [-0.1, -0.05) is 32.9 Å². The molecule has 0 aliphatic carbocycles. The van der Waals surface area contributed by atoms with Crippen LogP contribution < -0.4 is 10.1 Å². The van der Waals surface area contributed by atoms with E-state index in [1.807, 2.05) is 17.0 Å². The second-order valence-corrected chi connectivity index (χ2v) is 8.91. The van der Waals surface area contributed by atoms with E-state index in [2.05, 4.69) is 38.2 Å². The van der Waals surface area contributed by atoms with E-state index >= 15 is 0 Å². The van der Waals surface area contributed by atoms with Crippen LogP contribution in [0.5, 0.6) is 5.75 Å². The minimum absolute atomic E-state index is 0.0446. The lowest BCUT2D eigenvalue weighted by molar-refractivity contribution is -0.133. The lowest BCUT2D eigenvalue weighted by atomic mass is 9.87. The summed E-state index contributed by atoms with van der Waals surface area (Å²) in [6, 6.07) is 10.7. The van der Waals surface area contributed by atoms with E-state index in [1.54, 1.807) is 19.1 Å². The van der Waals surface area contributed by atoms with Crippen LogP contribution in [-0.2, 0) is 16.8 Å². The molecule has 6 nitrogen and oxygen atoms in total. The molecule has 0 bridgehead atoms. The number of likely N-dealkylation sites (tertiary alicyclic amines) is 1. The first-order valence-corrected chi connectivity index (χ1v) is 10.7. The molecule has 3 rings (SSSR count). The number of ether oxygens (including phenoxy) is 1. The van der Waals surface area contributed by atoms with Crippen LogP contribution >= 0.6 is 0 Å². The van der Waals surface area contributed by atoms with Crippen molar-refractivity contribution >= 4 is 11.8 Å². The third-order valence-corrected chi connectivity index (χ3v) is 5.37. The van der Waals surface area contributed by atoms with Gasteiger partial charge in [0.05, 0.1) is 0 Å². The van der Waals surface area contributed by atoms with Gasteiger partial charge in [0.15, 0.2) is 5.76 Å². The smallest absolute Gasteiger partial charge is 0.287 e. The molecule has 1 atom stereocenters. The quantitative estimate of drug-likeness (QED) is 0.768. The maximum Gasteiger partial charge on any atom is 0.287 e. The Morgan fingerprint density at radius 3 is 2.37 bits per heavy atom. The Morgan fingerprint density at radius 2 is 1.73 bits per heavy atom. The van der Waals surface area contributed by atoms with Crippen molar-refractivity contribution in [3.05, 3.63) is 53.5 Å². The van der Waals surface area contributed by atoms with Gasteiger partial charge in [-0.25, -0.2) is 0 Å². The molecule has 1 N–H and O–H groups in total. The van der Waals surface area contributed by atoms with E-state index in [-0.39, 0.29) is 23.7 Å². The highest BCUT2D eigenvalue weighted by Gasteiger charge is 2.24. The topological polar surface area (TPSA) is 71.8 Å². The van der Waals surface area contributed by atoms with Gasteiger partial charge in [0.1, 0.15) is 24.2 Å². The summed E-state index contributed by atoms with van der Waals surface area (Å²) >= 11 is 0. The zero-order valence-electron chi connectivity index (χ0n) is 18.4. The average molecular weight is 413 g/mol. The van der Waals surface area contributed by atoms with Crippen LogP contribution in [0.15, 0.2) is 40.8 Å². The molecule has 2 heterocycles. The second-order valence-electron chi connectivity index (χ2n) is 8.91. The summed E-state index contributed by atoms with van der Waals surface area (Å²) in [7, 11) is 0. The van der Waals surface area contributed by atoms with E-state index in [9.17, 15) is 9.59 Å². The molecule has 6 heteroatoms. The van der Waals surface area contributed by atoms with Crippen LogP contribution in [-0.4, -0.2) is 35.8 Å². The highest BCUT2D eigenvalue weighted by atomic mass is 16.5. The van der Waals surface area contributed by atoms with E-state index in [1.165, 1.54) is 5.56 Å². The number of carbonyl (C=O) groups excluding carboxylic acids is 2. The number of nitrogens with one attached hydrogen (secondary N) is 1. The molecule has 1 unspecified atom stereocenters. The van der Waals surface area contributed by atoms with Crippen LogP contribution in [0.25, 0.3) is 0 Å². The van der Waals surface area contributed by atoms with E-state index in [4.69, 9.17) is 9.15 Å². The Bertz CT molecular complexity index is 858. The number of carbonyl (C=O) groups is 2. The Labute approximate surface area is 178 Å². The number of nitrogens with zero attached hydrogens (tertiary/aromatic N) is 1. The zero-order chi connectivity index (χ0) is 21.7. The molecule has 1 aromatic carbocycles. The minimum atomic E-state index is -0.582. The van der Waals surface area contributed by atoms with Crippen molar-refractivity contribution in [2.45, 2.75) is 65.0 Å². The highest BCUT2D eigenvalue weighted by Crippen LogP contribution is 2.24. The minimum Gasteiger partial charge on any atom is -0.486 e. The van der Waals surface area contributed by atoms with Gasteiger partial charge in [-0.15, -0.1) is 0 Å². The lowest BCUT2D eigenvalue weighted by Gasteiger charge is -2.29. The summed E-state index contributed by atoms with van der Waals surface area (Å²) in [5.41, 5.74) is 1.33. The first-order chi connectivity index (χ1) is 14.2. The fraction of sp³-hybridized carbons (Fsp3) is 0.500. The number of rotatable bonds is 6. The van der Waals surface area contributed by atoms with Crippen molar-refractivity contribution < 1.29 is 18.7 Å². The number of hydrogen-bond acceptors (Lipinski definition) is 4. The van der Waals surface area contributed by atoms with Crippen LogP contribution in [0, 0.1) is 0 Å². The number of hydrogen-bond donors (Lipinski definition) is 1. The predicted octanol–water partition coefficient (Wildman–Crippen LogP) is 4.29. The third-order valence-electron chi connectivity index (χ3n) is 5.37. The summed E-state index contributed by atoms with van der Waals surface area (Å²) in [6.07, 6.45) is 3.20. The predicted molar refractivity (Wildman–Crippen MR) is 116 cm³/mol. The fourth-order valence-electron chi connectivity index (χ4n) is 3.50. The van der Waals surface area contributed by atoms with E-state index in [0.29, 0.717) is 5.76 Å². The van der Waals surface area contributed by atoms with Crippen molar-refractivity contribution in [3.8, 4) is 5.75 Å². The van der Waals surface area contributed by atoms with Crippen LogP contribution in [0.3, 0.4) is 0 Å². The van der Waals surface area contributed by atoms with Crippen molar-refractivity contribution in [2.24, 2.45) is 0 Å². The lowest BCUT2D eigenvalue weighted by Crippen LogP contribution is -2.48. The Balaban J connectivity index is 1.51. The standard InChI is InChI=1S/C24H32N2O4/c1-17(23(28)26-14-6-5-7-15-26)25-22(27)21-13-12-20(30-21)16-29-19-10-8-18(9-11-19)24(2,3)4/h8-13,17H,5-7,14-16H2,1-4H3,(H,25,27). The maximum absolute atomic E-state index is 12.5. The first kappa shape index (κ1) is 21.9. The summed E-state index contributed by atoms with van der Waals surface area (Å²) in [5.74, 6) is 1.03. The molecule has 1 aromatic heterocycles. The van der Waals surface area contributed by atoms with Gasteiger partial charge in [0.25, 0.3) is 5.91 Å². The zero-order valence-corrected chi connectivity index (χ0v) is 18.4. The number of benzene rings is 1. The molecular formula is C24H32N2O4. The molecule has 2 aromatic rings. The highest BCUT2D eigenvalue weighted by molar-refractivity contribution is 5.95. The largest absolute Gasteiger partial charge is 0.486 e. The number of amides is 2. The van der Waals surface area contributed by atoms with Gasteiger partial charge in [-0.3, -0.25) is 9.59 Å². The fourth-order valence-corrected chi connectivity index (χ4v) is 3.50. The monoisotopic (exact) mass is 412 g/mol. The normalized spacial score (nSPS) is 15.5. The molecule has 162 valence electrons. The molecule has 0 spiro atoms. The van der Waals surface area contributed by atoms with Gasteiger partial charge in [-0.2, -0.15) is 0 Å². The summed E-state index contributed by atoms with van der Waals surface area (Å²) in [4.78, 5) is 26.7. The summed E-state index contributed by atoms with van der Waals surface area (Å²) < 4.78 is 11.4. The van der Waals surface area contributed by atoms with Gasteiger partial charge in [0.2, 0.25) is 5.91 Å². The molecule has 1 saturated heterocycles. The van der Waals surface area contributed by atoms with Crippen LogP contribution in [0.2, 0.25) is 0 Å². The maximum atomic E-state index is 12.5. The molecule has 0 radical (unpaired) electrons. The van der Waals surface area contributed by atoms with Crippen molar-refractivity contribution in [2.75, 3.05) is 13.1 Å². The molecule has 30 heavy (non-hydrogen) atoms. The van der Waals surface area contributed by atoms with E-state index < -0.39 is 11.9 Å². The molecule has 1 aliphatic rings. The Morgan fingerprint density at radius 1 is 1.07 bits per heavy atom. The molecule has 1 fully saturated rings. The molecule has 2 amide bonds. The number of furan rings is 1. The molecular weight excluding hydrogens is 380 g/mol. The average Bonchev–Trinajstić information content (AvgIpc) is 3.21. The number of piperidine rings is 1. The van der Waals surface area contributed by atoms with Gasteiger partial charge < -0.3 is 19.4 Å². The van der Waals surface area contributed by atoms with Crippen LogP contribution in [0.4, 0.5) is 0 Å². The van der Waals surface area contributed by atoms with Crippen LogP contribution in [0.1, 0.15) is 68.8 Å². The summed E-state index contributed by atoms with van der Waals surface area (Å²) in [5, 5.41) is 2.74. The van der Waals surface area contributed by atoms with Gasteiger partial charge in [-0.05, 0) is 61.4 Å². The van der Waals surface area contributed by atoms with Gasteiger partial charge >= 0.3 is 0 Å². The molecule has 1 aliphatic heterocycles. The van der Waals surface area contributed by atoms with Crippen molar-refractivity contribution in [1.29, 1.82) is 0 Å². The second kappa shape index (κ2) is 9.37. The van der Waals surface area contributed by atoms with Crippen molar-refractivity contribution in [3.63, 3.8) is 0 Å². The summed E-state index contributed by atoms with van der Waals surface area (Å²) in [6.45, 7) is 9.96. The first-order valence-electron chi connectivity index (χ1n) is 10.7. The van der Waals surface area contributed by atoms with E-state index in [0.717, 1.165) is 38.1 Å². The van der Waals surface area contributed by atoms with Gasteiger partial charge in [0, 0.05) is 13.1 Å².